The molecule has 0 bridgehead atoms. The van der Waals surface area contributed by atoms with Gasteiger partial charge in [0.1, 0.15) is 6.42 Å². The van der Waals surface area contributed by atoms with E-state index in [-0.39, 0.29) is 18.2 Å². The van der Waals surface area contributed by atoms with Crippen LogP contribution in [0.1, 0.15) is 37.0 Å². The fourth-order valence-electron chi connectivity index (χ4n) is 3.26. The zero-order chi connectivity index (χ0) is 20.0. The summed E-state index contributed by atoms with van der Waals surface area (Å²) in [6, 6.07) is 11.7. The number of hydrogen-bond acceptors (Lipinski definition) is 3. The summed E-state index contributed by atoms with van der Waals surface area (Å²) in [5, 5.41) is 5.64. The van der Waals surface area contributed by atoms with E-state index in [9.17, 15) is 9.59 Å². The minimum Gasteiger partial charge on any atom is -0.372 e. The van der Waals surface area contributed by atoms with Crippen molar-refractivity contribution >= 4 is 28.9 Å². The molecule has 5 heteroatoms. The number of carbonyl (C=O) groups is 2. The number of anilines is 3. The van der Waals surface area contributed by atoms with Gasteiger partial charge in [-0.05, 0) is 70.0 Å². The average molecular weight is 367 g/mol. The number of benzene rings is 2. The molecule has 2 rings (SSSR count). The minimum absolute atomic E-state index is 0.218. The van der Waals surface area contributed by atoms with Gasteiger partial charge in [-0.3, -0.25) is 9.59 Å². The number of nitrogens with one attached hydrogen (secondary N) is 2. The number of carbonyl (C=O) groups excluding carboxylic acids is 2. The van der Waals surface area contributed by atoms with E-state index in [4.69, 9.17) is 0 Å². The molecule has 0 heterocycles. The molecular formula is C22H29N3O2. The molecule has 0 saturated carbocycles. The normalized spacial score (nSPS) is 10.4. The van der Waals surface area contributed by atoms with Crippen LogP contribution >= 0.6 is 0 Å². The molecule has 0 radical (unpaired) electrons. The van der Waals surface area contributed by atoms with Crippen LogP contribution in [0, 0.1) is 20.8 Å². The molecule has 2 amide bonds. The largest absolute Gasteiger partial charge is 0.372 e. The SMILES string of the molecule is CCN(CC)c1ccc(NC(=O)CC(=O)Nc2c(C)cc(C)cc2C)cc1. The Balaban J connectivity index is 1.94. The highest BCUT2D eigenvalue weighted by Crippen LogP contribution is 2.22. The summed E-state index contributed by atoms with van der Waals surface area (Å²) < 4.78 is 0. The summed E-state index contributed by atoms with van der Waals surface area (Å²) in [7, 11) is 0. The number of hydrogen-bond donors (Lipinski definition) is 2. The van der Waals surface area contributed by atoms with Crippen molar-refractivity contribution in [3.05, 3.63) is 53.1 Å². The monoisotopic (exact) mass is 367 g/mol. The van der Waals surface area contributed by atoms with Crippen molar-refractivity contribution in [2.75, 3.05) is 28.6 Å². The molecule has 0 unspecified atom stereocenters. The molecule has 27 heavy (non-hydrogen) atoms. The highest BCUT2D eigenvalue weighted by atomic mass is 16.2. The summed E-state index contributed by atoms with van der Waals surface area (Å²) in [4.78, 5) is 26.7. The molecule has 0 fully saturated rings. The van der Waals surface area contributed by atoms with E-state index in [1.165, 1.54) is 0 Å². The fraction of sp³-hybridized carbons (Fsp3) is 0.364. The quantitative estimate of drug-likeness (QED) is 0.712. The number of aryl methyl sites for hydroxylation is 3. The Kier molecular flexibility index (Phi) is 6.99. The van der Waals surface area contributed by atoms with Gasteiger partial charge in [-0.15, -0.1) is 0 Å². The summed E-state index contributed by atoms with van der Waals surface area (Å²) in [5.74, 6) is -0.646. The molecule has 144 valence electrons. The molecule has 0 atom stereocenters. The van der Waals surface area contributed by atoms with Crippen molar-refractivity contribution in [3.8, 4) is 0 Å². The van der Waals surface area contributed by atoms with Crippen LogP contribution in [-0.4, -0.2) is 24.9 Å². The topological polar surface area (TPSA) is 61.4 Å². The fourth-order valence-corrected chi connectivity index (χ4v) is 3.26. The van der Waals surface area contributed by atoms with Gasteiger partial charge in [0, 0.05) is 30.2 Å². The standard InChI is InChI=1S/C22H29N3O2/c1-6-25(7-2)19-10-8-18(9-11-19)23-20(26)14-21(27)24-22-16(4)12-15(3)13-17(22)5/h8-13H,6-7,14H2,1-5H3,(H,23,26)(H,24,27). The van der Waals surface area contributed by atoms with Gasteiger partial charge in [0.25, 0.3) is 0 Å². The predicted octanol–water partition coefficient (Wildman–Crippen LogP) is 4.43. The van der Waals surface area contributed by atoms with Gasteiger partial charge in [-0.25, -0.2) is 0 Å². The number of rotatable bonds is 7. The van der Waals surface area contributed by atoms with Gasteiger partial charge < -0.3 is 15.5 Å². The highest BCUT2D eigenvalue weighted by Gasteiger charge is 2.13. The van der Waals surface area contributed by atoms with Crippen LogP contribution in [0.25, 0.3) is 0 Å². The molecule has 0 spiro atoms. The third-order valence-corrected chi connectivity index (χ3v) is 4.54. The summed E-state index contributed by atoms with van der Waals surface area (Å²) in [6.45, 7) is 12.0. The van der Waals surface area contributed by atoms with Crippen molar-refractivity contribution in [1.82, 2.24) is 0 Å². The molecule has 2 aromatic rings. The molecule has 0 aliphatic rings. The molecule has 2 aromatic carbocycles. The van der Waals surface area contributed by atoms with Gasteiger partial charge in [0.2, 0.25) is 11.8 Å². The van der Waals surface area contributed by atoms with Crippen molar-refractivity contribution < 1.29 is 9.59 Å². The first-order valence-corrected chi connectivity index (χ1v) is 9.36. The number of nitrogens with zero attached hydrogens (tertiary/aromatic N) is 1. The third-order valence-electron chi connectivity index (χ3n) is 4.54. The Labute approximate surface area is 161 Å². The molecule has 0 aliphatic carbocycles. The molecule has 0 aliphatic heterocycles. The van der Waals surface area contributed by atoms with Crippen molar-refractivity contribution in [1.29, 1.82) is 0 Å². The van der Waals surface area contributed by atoms with Gasteiger partial charge in [-0.1, -0.05) is 17.7 Å². The van der Waals surface area contributed by atoms with Gasteiger partial charge in [-0.2, -0.15) is 0 Å². The Morgan fingerprint density at radius 3 is 1.89 bits per heavy atom. The molecule has 2 N–H and O–H groups in total. The zero-order valence-corrected chi connectivity index (χ0v) is 16.8. The second-order valence-electron chi connectivity index (χ2n) is 6.77. The molecular weight excluding hydrogens is 338 g/mol. The van der Waals surface area contributed by atoms with Gasteiger partial charge in [0.15, 0.2) is 0 Å². The first kappa shape index (κ1) is 20.5. The van der Waals surface area contributed by atoms with E-state index in [0.29, 0.717) is 5.69 Å². The maximum atomic E-state index is 12.2. The lowest BCUT2D eigenvalue weighted by atomic mass is 10.0. The summed E-state index contributed by atoms with van der Waals surface area (Å²) in [5.41, 5.74) is 5.71. The zero-order valence-electron chi connectivity index (χ0n) is 16.8. The van der Waals surface area contributed by atoms with E-state index in [0.717, 1.165) is 41.2 Å². The first-order valence-electron chi connectivity index (χ1n) is 9.36. The van der Waals surface area contributed by atoms with E-state index in [1.807, 2.05) is 57.2 Å². The molecule has 0 saturated heterocycles. The van der Waals surface area contributed by atoms with Crippen LogP contribution in [0.2, 0.25) is 0 Å². The second kappa shape index (κ2) is 9.21. The third kappa shape index (κ3) is 5.58. The van der Waals surface area contributed by atoms with Crippen LogP contribution in [-0.2, 0) is 9.59 Å². The maximum Gasteiger partial charge on any atom is 0.233 e. The second-order valence-corrected chi connectivity index (χ2v) is 6.77. The Morgan fingerprint density at radius 1 is 0.852 bits per heavy atom. The van der Waals surface area contributed by atoms with Crippen molar-refractivity contribution in [3.63, 3.8) is 0 Å². The Morgan fingerprint density at radius 2 is 1.37 bits per heavy atom. The van der Waals surface area contributed by atoms with Crippen LogP contribution < -0.4 is 15.5 Å². The average Bonchev–Trinajstić information content (AvgIpc) is 2.60. The highest BCUT2D eigenvalue weighted by molar-refractivity contribution is 6.08. The van der Waals surface area contributed by atoms with E-state index < -0.39 is 0 Å². The Bertz CT molecular complexity index is 786. The maximum absolute atomic E-state index is 12.2. The van der Waals surface area contributed by atoms with E-state index >= 15 is 0 Å². The van der Waals surface area contributed by atoms with Gasteiger partial charge in [0.05, 0.1) is 0 Å². The van der Waals surface area contributed by atoms with Crippen LogP contribution in [0.4, 0.5) is 17.1 Å². The van der Waals surface area contributed by atoms with E-state index in [1.54, 1.807) is 0 Å². The van der Waals surface area contributed by atoms with Crippen LogP contribution in [0.15, 0.2) is 36.4 Å². The van der Waals surface area contributed by atoms with Crippen LogP contribution in [0.3, 0.4) is 0 Å². The lowest BCUT2D eigenvalue weighted by Gasteiger charge is -2.21. The lowest BCUT2D eigenvalue weighted by molar-refractivity contribution is -0.123. The lowest BCUT2D eigenvalue weighted by Crippen LogP contribution is -2.23. The van der Waals surface area contributed by atoms with E-state index in [2.05, 4.69) is 29.4 Å². The number of amides is 2. The summed E-state index contributed by atoms with van der Waals surface area (Å²) >= 11 is 0. The van der Waals surface area contributed by atoms with Crippen molar-refractivity contribution in [2.24, 2.45) is 0 Å². The predicted molar refractivity (Wildman–Crippen MR) is 113 cm³/mol. The minimum atomic E-state index is -0.328. The molecule has 0 aromatic heterocycles. The first-order chi connectivity index (χ1) is 12.8. The van der Waals surface area contributed by atoms with Crippen molar-refractivity contribution in [2.45, 2.75) is 41.0 Å². The van der Waals surface area contributed by atoms with Crippen LogP contribution in [0.5, 0.6) is 0 Å². The molecule has 5 nitrogen and oxygen atoms in total. The Hall–Kier alpha value is -2.82. The summed E-state index contributed by atoms with van der Waals surface area (Å²) in [6.07, 6.45) is -0.218. The van der Waals surface area contributed by atoms with Gasteiger partial charge >= 0.3 is 0 Å². The smallest absolute Gasteiger partial charge is 0.233 e.